The van der Waals surface area contributed by atoms with Gasteiger partial charge in [-0.2, -0.15) is 9.61 Å². The number of hydrogen-bond acceptors (Lipinski definition) is 5. The number of ether oxygens (including phenoxy) is 1. The van der Waals surface area contributed by atoms with Crippen molar-refractivity contribution >= 4 is 11.5 Å². The highest BCUT2D eigenvalue weighted by atomic mass is 16.5. The first-order valence-corrected chi connectivity index (χ1v) is 8.24. The standard InChI is InChI=1S/C18H21N5O/c1-24-15-6-2-12(3-7-15)16-11-18(21-14-5-4-13(19)10-14)23-17(22-16)8-9-20-23/h2-3,6-9,11,13-14,21H,4-5,10,19H2,1H3/t13-,14-/m0/s1. The van der Waals surface area contributed by atoms with Crippen molar-refractivity contribution in [3.05, 3.63) is 42.6 Å². The molecule has 3 aromatic rings. The topological polar surface area (TPSA) is 77.5 Å². The van der Waals surface area contributed by atoms with Crippen LogP contribution in [0.2, 0.25) is 0 Å². The Morgan fingerprint density at radius 1 is 1.21 bits per heavy atom. The van der Waals surface area contributed by atoms with Crippen LogP contribution in [0.5, 0.6) is 5.75 Å². The average molecular weight is 323 g/mol. The smallest absolute Gasteiger partial charge is 0.157 e. The zero-order valence-corrected chi connectivity index (χ0v) is 13.6. The van der Waals surface area contributed by atoms with Gasteiger partial charge in [-0.3, -0.25) is 0 Å². The van der Waals surface area contributed by atoms with E-state index < -0.39 is 0 Å². The molecule has 1 aliphatic rings. The van der Waals surface area contributed by atoms with Crippen LogP contribution in [-0.2, 0) is 0 Å². The molecular formula is C18H21N5O. The Morgan fingerprint density at radius 3 is 2.75 bits per heavy atom. The van der Waals surface area contributed by atoms with Crippen LogP contribution in [0, 0.1) is 0 Å². The molecule has 0 amide bonds. The van der Waals surface area contributed by atoms with Gasteiger partial charge in [-0.15, -0.1) is 0 Å². The first kappa shape index (κ1) is 15.0. The van der Waals surface area contributed by atoms with Gasteiger partial charge in [0.25, 0.3) is 0 Å². The summed E-state index contributed by atoms with van der Waals surface area (Å²) in [6.45, 7) is 0. The van der Waals surface area contributed by atoms with Crippen molar-refractivity contribution in [2.24, 2.45) is 5.73 Å². The second-order valence-electron chi connectivity index (χ2n) is 6.27. The third-order valence-electron chi connectivity index (χ3n) is 4.57. The molecule has 0 unspecified atom stereocenters. The lowest BCUT2D eigenvalue weighted by atomic mass is 10.1. The summed E-state index contributed by atoms with van der Waals surface area (Å²) in [5.41, 5.74) is 8.82. The van der Waals surface area contributed by atoms with E-state index in [1.165, 1.54) is 0 Å². The second kappa shape index (κ2) is 6.13. The van der Waals surface area contributed by atoms with Crippen molar-refractivity contribution in [3.8, 4) is 17.0 Å². The molecule has 6 heteroatoms. The van der Waals surface area contributed by atoms with Crippen LogP contribution in [0.25, 0.3) is 16.9 Å². The van der Waals surface area contributed by atoms with Crippen LogP contribution in [0.1, 0.15) is 19.3 Å². The zero-order chi connectivity index (χ0) is 16.5. The predicted molar refractivity (Wildman–Crippen MR) is 94.2 cm³/mol. The van der Waals surface area contributed by atoms with Crippen LogP contribution in [0.3, 0.4) is 0 Å². The summed E-state index contributed by atoms with van der Waals surface area (Å²) < 4.78 is 7.07. The second-order valence-corrected chi connectivity index (χ2v) is 6.27. The molecule has 0 saturated heterocycles. The van der Waals surface area contributed by atoms with E-state index in [4.69, 9.17) is 15.5 Å². The maximum Gasteiger partial charge on any atom is 0.157 e. The van der Waals surface area contributed by atoms with Gasteiger partial charge in [0.1, 0.15) is 11.6 Å². The minimum Gasteiger partial charge on any atom is -0.497 e. The Morgan fingerprint density at radius 2 is 2.04 bits per heavy atom. The summed E-state index contributed by atoms with van der Waals surface area (Å²) in [4.78, 5) is 4.71. The van der Waals surface area contributed by atoms with Crippen molar-refractivity contribution in [1.29, 1.82) is 0 Å². The SMILES string of the molecule is COc1ccc(-c2cc(N[C@H]3CC[C@H](N)C3)n3nccc3n2)cc1. The summed E-state index contributed by atoms with van der Waals surface area (Å²) >= 11 is 0. The summed E-state index contributed by atoms with van der Waals surface area (Å²) in [5.74, 6) is 1.79. The van der Waals surface area contributed by atoms with E-state index in [-0.39, 0.29) is 0 Å². The Bertz CT molecular complexity index is 842. The molecule has 1 aromatic carbocycles. The van der Waals surface area contributed by atoms with Crippen molar-refractivity contribution in [3.63, 3.8) is 0 Å². The van der Waals surface area contributed by atoms with Crippen LogP contribution in [0.15, 0.2) is 42.6 Å². The van der Waals surface area contributed by atoms with Gasteiger partial charge in [0.15, 0.2) is 5.65 Å². The molecule has 2 heterocycles. The number of anilines is 1. The number of nitrogens with one attached hydrogen (secondary N) is 1. The fraction of sp³-hybridized carbons (Fsp3) is 0.333. The lowest BCUT2D eigenvalue weighted by molar-refractivity contribution is 0.415. The van der Waals surface area contributed by atoms with Gasteiger partial charge in [-0.05, 0) is 43.5 Å². The van der Waals surface area contributed by atoms with Crippen molar-refractivity contribution < 1.29 is 4.74 Å². The molecule has 3 N–H and O–H groups in total. The molecule has 1 aliphatic carbocycles. The third kappa shape index (κ3) is 2.80. The maximum absolute atomic E-state index is 6.03. The van der Waals surface area contributed by atoms with Gasteiger partial charge in [0, 0.05) is 29.8 Å². The molecule has 0 spiro atoms. The molecule has 0 radical (unpaired) electrons. The molecule has 0 aliphatic heterocycles. The molecule has 4 rings (SSSR count). The van der Waals surface area contributed by atoms with E-state index in [0.29, 0.717) is 12.1 Å². The number of fused-ring (bicyclic) bond motifs is 1. The third-order valence-corrected chi connectivity index (χ3v) is 4.57. The summed E-state index contributed by atoms with van der Waals surface area (Å²) in [7, 11) is 1.67. The molecule has 2 atom stereocenters. The number of methoxy groups -OCH3 is 1. The summed E-state index contributed by atoms with van der Waals surface area (Å²) in [5, 5.41) is 7.97. The lowest BCUT2D eigenvalue weighted by Crippen LogP contribution is -2.22. The highest BCUT2D eigenvalue weighted by Crippen LogP contribution is 2.27. The molecule has 6 nitrogen and oxygen atoms in total. The van der Waals surface area contributed by atoms with Gasteiger partial charge < -0.3 is 15.8 Å². The van der Waals surface area contributed by atoms with E-state index >= 15 is 0 Å². The molecule has 1 saturated carbocycles. The van der Waals surface area contributed by atoms with Gasteiger partial charge in [-0.1, -0.05) is 0 Å². The van der Waals surface area contributed by atoms with Crippen molar-refractivity contribution in [1.82, 2.24) is 14.6 Å². The first-order valence-electron chi connectivity index (χ1n) is 8.24. The van der Waals surface area contributed by atoms with Crippen molar-refractivity contribution in [2.45, 2.75) is 31.3 Å². The lowest BCUT2D eigenvalue weighted by Gasteiger charge is -2.16. The quantitative estimate of drug-likeness (QED) is 0.772. The van der Waals surface area contributed by atoms with E-state index in [1.807, 2.05) is 40.9 Å². The Balaban J connectivity index is 1.71. The number of nitrogens with two attached hydrogens (primary N) is 1. The number of nitrogens with zero attached hydrogens (tertiary/aromatic N) is 3. The van der Waals surface area contributed by atoms with E-state index in [0.717, 1.165) is 47.7 Å². The molecule has 124 valence electrons. The van der Waals surface area contributed by atoms with Crippen LogP contribution in [-0.4, -0.2) is 33.8 Å². The van der Waals surface area contributed by atoms with E-state index in [1.54, 1.807) is 13.3 Å². The Labute approximate surface area is 140 Å². The normalized spacial score (nSPS) is 20.4. The molecule has 24 heavy (non-hydrogen) atoms. The average Bonchev–Trinajstić information content (AvgIpc) is 3.24. The van der Waals surface area contributed by atoms with E-state index in [2.05, 4.69) is 10.4 Å². The van der Waals surface area contributed by atoms with E-state index in [9.17, 15) is 0 Å². The highest BCUT2D eigenvalue weighted by Gasteiger charge is 2.22. The number of hydrogen-bond donors (Lipinski definition) is 2. The highest BCUT2D eigenvalue weighted by molar-refractivity contribution is 5.67. The molecular weight excluding hydrogens is 302 g/mol. The Kier molecular flexibility index (Phi) is 3.82. The summed E-state index contributed by atoms with van der Waals surface area (Å²) in [6.07, 6.45) is 4.91. The summed E-state index contributed by atoms with van der Waals surface area (Å²) in [6, 6.07) is 12.6. The fourth-order valence-electron chi connectivity index (χ4n) is 3.28. The number of benzene rings is 1. The van der Waals surface area contributed by atoms with Crippen LogP contribution in [0.4, 0.5) is 5.82 Å². The minimum atomic E-state index is 0.290. The van der Waals surface area contributed by atoms with Gasteiger partial charge in [0.2, 0.25) is 0 Å². The van der Waals surface area contributed by atoms with Crippen LogP contribution >= 0.6 is 0 Å². The van der Waals surface area contributed by atoms with Crippen molar-refractivity contribution in [2.75, 3.05) is 12.4 Å². The molecule has 2 aromatic heterocycles. The number of rotatable bonds is 4. The first-order chi connectivity index (χ1) is 11.7. The number of aromatic nitrogens is 3. The largest absolute Gasteiger partial charge is 0.497 e. The fourth-order valence-corrected chi connectivity index (χ4v) is 3.28. The predicted octanol–water partition coefficient (Wildman–Crippen LogP) is 2.70. The minimum absolute atomic E-state index is 0.290. The maximum atomic E-state index is 6.03. The zero-order valence-electron chi connectivity index (χ0n) is 13.6. The monoisotopic (exact) mass is 323 g/mol. The molecule has 1 fully saturated rings. The van der Waals surface area contributed by atoms with Gasteiger partial charge >= 0.3 is 0 Å². The Hall–Kier alpha value is -2.60. The van der Waals surface area contributed by atoms with Gasteiger partial charge in [-0.25, -0.2) is 4.98 Å². The van der Waals surface area contributed by atoms with Gasteiger partial charge in [0.05, 0.1) is 19.0 Å². The molecule has 0 bridgehead atoms. The van der Waals surface area contributed by atoms with Crippen LogP contribution < -0.4 is 15.8 Å².